The molecule has 3 N–H and O–H groups in total. The first kappa shape index (κ1) is 13.9. The minimum atomic E-state index is -0.208. The van der Waals surface area contributed by atoms with E-state index in [1.807, 2.05) is 0 Å². The number of nitrogens with one attached hydrogen (secondary N) is 1. The van der Waals surface area contributed by atoms with E-state index in [2.05, 4.69) is 23.5 Å². The first-order valence-corrected chi connectivity index (χ1v) is 6.99. The van der Waals surface area contributed by atoms with Crippen molar-refractivity contribution in [3.05, 3.63) is 29.3 Å². The topological polar surface area (TPSA) is 64.4 Å². The number of benzene rings is 1. The van der Waals surface area contributed by atoms with Crippen LogP contribution in [0.1, 0.15) is 30.4 Å². The molecule has 1 aromatic rings. The molecule has 0 spiro atoms. The first-order chi connectivity index (χ1) is 9.25. The standard InChI is InChI=1S/C15H22N2O2/c16-15(18)3-1-2-8-17-9-6-12-4-5-14-13(11-12)7-10-19-14/h4-5,11,17H,1-3,6-10H2,(H2,16,18). The summed E-state index contributed by atoms with van der Waals surface area (Å²) < 4.78 is 5.49. The third-order valence-corrected chi connectivity index (χ3v) is 3.37. The van der Waals surface area contributed by atoms with Gasteiger partial charge < -0.3 is 15.8 Å². The van der Waals surface area contributed by atoms with E-state index in [9.17, 15) is 4.79 Å². The molecule has 1 aliphatic rings. The molecule has 0 unspecified atom stereocenters. The van der Waals surface area contributed by atoms with Gasteiger partial charge in [0.1, 0.15) is 5.75 Å². The maximum atomic E-state index is 10.6. The van der Waals surface area contributed by atoms with Crippen molar-refractivity contribution in [3.63, 3.8) is 0 Å². The number of carbonyl (C=O) groups is 1. The van der Waals surface area contributed by atoms with Gasteiger partial charge in [-0.05, 0) is 49.5 Å². The largest absolute Gasteiger partial charge is 0.493 e. The molecule has 0 saturated heterocycles. The lowest BCUT2D eigenvalue weighted by atomic mass is 10.1. The number of fused-ring (bicyclic) bond motifs is 1. The van der Waals surface area contributed by atoms with Gasteiger partial charge in [0, 0.05) is 12.8 Å². The third-order valence-electron chi connectivity index (χ3n) is 3.37. The Morgan fingerprint density at radius 3 is 3.05 bits per heavy atom. The molecule has 4 nitrogen and oxygen atoms in total. The molecule has 2 rings (SSSR count). The van der Waals surface area contributed by atoms with E-state index < -0.39 is 0 Å². The van der Waals surface area contributed by atoms with Crippen LogP contribution in [0.3, 0.4) is 0 Å². The smallest absolute Gasteiger partial charge is 0.217 e. The van der Waals surface area contributed by atoms with E-state index in [0.29, 0.717) is 6.42 Å². The van der Waals surface area contributed by atoms with Crippen LogP contribution < -0.4 is 15.8 Å². The Morgan fingerprint density at radius 1 is 1.32 bits per heavy atom. The van der Waals surface area contributed by atoms with Crippen LogP contribution in [0, 0.1) is 0 Å². The summed E-state index contributed by atoms with van der Waals surface area (Å²) in [6.07, 6.45) is 4.43. The number of rotatable bonds is 8. The molecular formula is C15H22N2O2. The quantitative estimate of drug-likeness (QED) is 0.696. The summed E-state index contributed by atoms with van der Waals surface area (Å²) in [6, 6.07) is 6.46. The van der Waals surface area contributed by atoms with Gasteiger partial charge in [-0.25, -0.2) is 0 Å². The van der Waals surface area contributed by atoms with Crippen LogP contribution >= 0.6 is 0 Å². The zero-order valence-electron chi connectivity index (χ0n) is 11.3. The van der Waals surface area contributed by atoms with E-state index in [1.54, 1.807) is 0 Å². The molecule has 1 aromatic carbocycles. The molecule has 1 heterocycles. The van der Waals surface area contributed by atoms with Gasteiger partial charge >= 0.3 is 0 Å². The number of primary amides is 1. The zero-order valence-corrected chi connectivity index (χ0v) is 11.3. The summed E-state index contributed by atoms with van der Waals surface area (Å²) >= 11 is 0. The monoisotopic (exact) mass is 262 g/mol. The summed E-state index contributed by atoms with van der Waals surface area (Å²) in [5.41, 5.74) is 7.77. The second-order valence-electron chi connectivity index (χ2n) is 4.96. The van der Waals surface area contributed by atoms with Gasteiger partial charge in [-0.15, -0.1) is 0 Å². The summed E-state index contributed by atoms with van der Waals surface area (Å²) in [5, 5.41) is 3.39. The van der Waals surface area contributed by atoms with Crippen LogP contribution in [0.5, 0.6) is 5.75 Å². The number of unbranched alkanes of at least 4 members (excludes halogenated alkanes) is 1. The molecular weight excluding hydrogens is 240 g/mol. The number of carbonyl (C=O) groups excluding carboxylic acids is 1. The van der Waals surface area contributed by atoms with Crippen LogP contribution in [0.25, 0.3) is 0 Å². The van der Waals surface area contributed by atoms with Gasteiger partial charge in [0.05, 0.1) is 6.61 Å². The molecule has 1 aliphatic heterocycles. The summed E-state index contributed by atoms with van der Waals surface area (Å²) in [5.74, 6) is 0.837. The summed E-state index contributed by atoms with van der Waals surface area (Å²) in [6.45, 7) is 2.73. The van der Waals surface area contributed by atoms with E-state index in [-0.39, 0.29) is 5.91 Å². The highest BCUT2D eigenvalue weighted by atomic mass is 16.5. The van der Waals surface area contributed by atoms with Crippen molar-refractivity contribution >= 4 is 5.91 Å². The average molecular weight is 262 g/mol. The predicted molar refractivity (Wildman–Crippen MR) is 75.3 cm³/mol. The lowest BCUT2D eigenvalue weighted by molar-refractivity contribution is -0.118. The Morgan fingerprint density at radius 2 is 2.21 bits per heavy atom. The molecule has 0 radical (unpaired) electrons. The molecule has 0 saturated carbocycles. The van der Waals surface area contributed by atoms with E-state index in [0.717, 1.165) is 51.1 Å². The van der Waals surface area contributed by atoms with Gasteiger partial charge in [-0.1, -0.05) is 12.1 Å². The van der Waals surface area contributed by atoms with Crippen LogP contribution in [0.15, 0.2) is 18.2 Å². The highest BCUT2D eigenvalue weighted by Crippen LogP contribution is 2.25. The highest BCUT2D eigenvalue weighted by molar-refractivity contribution is 5.73. The summed E-state index contributed by atoms with van der Waals surface area (Å²) in [4.78, 5) is 10.6. The Balaban J connectivity index is 1.59. The van der Waals surface area contributed by atoms with Crippen LogP contribution in [-0.4, -0.2) is 25.6 Å². The lowest BCUT2D eigenvalue weighted by Crippen LogP contribution is -2.19. The van der Waals surface area contributed by atoms with Crippen molar-refractivity contribution in [2.45, 2.75) is 32.1 Å². The SMILES string of the molecule is NC(=O)CCCCNCCc1ccc2c(c1)CCO2. The predicted octanol–water partition coefficient (Wildman–Crippen LogP) is 1.41. The minimum absolute atomic E-state index is 0.208. The molecule has 0 aliphatic carbocycles. The molecule has 0 bridgehead atoms. The number of nitrogens with two attached hydrogens (primary N) is 1. The van der Waals surface area contributed by atoms with Crippen molar-refractivity contribution in [1.29, 1.82) is 0 Å². The van der Waals surface area contributed by atoms with Crippen molar-refractivity contribution in [2.24, 2.45) is 5.73 Å². The number of hydrogen-bond donors (Lipinski definition) is 2. The number of amides is 1. The Kier molecular flexibility index (Phi) is 5.21. The summed E-state index contributed by atoms with van der Waals surface area (Å²) in [7, 11) is 0. The highest BCUT2D eigenvalue weighted by Gasteiger charge is 2.11. The maximum Gasteiger partial charge on any atom is 0.217 e. The van der Waals surface area contributed by atoms with E-state index >= 15 is 0 Å². The molecule has 0 atom stereocenters. The van der Waals surface area contributed by atoms with Crippen LogP contribution in [0.4, 0.5) is 0 Å². The Bertz CT molecular complexity index is 432. The second-order valence-corrected chi connectivity index (χ2v) is 4.96. The molecule has 19 heavy (non-hydrogen) atoms. The molecule has 0 aromatic heterocycles. The van der Waals surface area contributed by atoms with Crippen molar-refractivity contribution < 1.29 is 9.53 Å². The third kappa shape index (κ3) is 4.56. The van der Waals surface area contributed by atoms with Crippen molar-refractivity contribution in [3.8, 4) is 5.75 Å². The normalized spacial score (nSPS) is 13.1. The van der Waals surface area contributed by atoms with Crippen LogP contribution in [-0.2, 0) is 17.6 Å². The van der Waals surface area contributed by atoms with E-state index in [1.165, 1.54) is 11.1 Å². The van der Waals surface area contributed by atoms with Gasteiger partial charge in [-0.2, -0.15) is 0 Å². The molecule has 1 amide bonds. The van der Waals surface area contributed by atoms with Gasteiger partial charge in [0.15, 0.2) is 0 Å². The zero-order chi connectivity index (χ0) is 13.5. The number of ether oxygens (including phenoxy) is 1. The van der Waals surface area contributed by atoms with Crippen molar-refractivity contribution in [1.82, 2.24) is 5.32 Å². The average Bonchev–Trinajstić information content (AvgIpc) is 2.84. The fraction of sp³-hybridized carbons (Fsp3) is 0.533. The molecule has 104 valence electrons. The fourth-order valence-electron chi connectivity index (χ4n) is 2.30. The van der Waals surface area contributed by atoms with Gasteiger partial charge in [0.2, 0.25) is 5.91 Å². The molecule has 0 fully saturated rings. The second kappa shape index (κ2) is 7.14. The van der Waals surface area contributed by atoms with Gasteiger partial charge in [-0.3, -0.25) is 4.79 Å². The Hall–Kier alpha value is -1.55. The van der Waals surface area contributed by atoms with E-state index in [4.69, 9.17) is 10.5 Å². The number of hydrogen-bond acceptors (Lipinski definition) is 3. The fourth-order valence-corrected chi connectivity index (χ4v) is 2.30. The van der Waals surface area contributed by atoms with Gasteiger partial charge in [0.25, 0.3) is 0 Å². The maximum absolute atomic E-state index is 10.6. The Labute approximate surface area is 114 Å². The minimum Gasteiger partial charge on any atom is -0.493 e. The van der Waals surface area contributed by atoms with Crippen LogP contribution in [0.2, 0.25) is 0 Å². The molecule has 4 heteroatoms. The first-order valence-electron chi connectivity index (χ1n) is 6.99. The van der Waals surface area contributed by atoms with Crippen molar-refractivity contribution in [2.75, 3.05) is 19.7 Å². The lowest BCUT2D eigenvalue weighted by Gasteiger charge is -2.06.